The highest BCUT2D eigenvalue weighted by molar-refractivity contribution is 7.11. The molecule has 1 aromatic carbocycles. The van der Waals surface area contributed by atoms with E-state index in [1.165, 1.54) is 11.3 Å². The van der Waals surface area contributed by atoms with E-state index in [1.54, 1.807) is 25.0 Å². The number of aromatic amines is 1. The van der Waals surface area contributed by atoms with Crippen LogP contribution in [0.5, 0.6) is 0 Å². The number of thiazole rings is 1. The van der Waals surface area contributed by atoms with Gasteiger partial charge in [0.15, 0.2) is 0 Å². The topological polar surface area (TPSA) is 118 Å². The van der Waals surface area contributed by atoms with Crippen LogP contribution in [0.4, 0.5) is 0 Å². The van der Waals surface area contributed by atoms with Crippen LogP contribution < -0.4 is 10.6 Å². The number of imidazole rings is 1. The highest BCUT2D eigenvalue weighted by Gasteiger charge is 2.20. The Bertz CT molecular complexity index is 1230. The highest BCUT2D eigenvalue weighted by Crippen LogP contribution is 2.26. The van der Waals surface area contributed by atoms with E-state index in [1.807, 2.05) is 30.1 Å². The molecule has 4 rings (SSSR count). The highest BCUT2D eigenvalue weighted by atomic mass is 32.1. The van der Waals surface area contributed by atoms with Gasteiger partial charge in [0.25, 0.3) is 5.91 Å². The molecule has 1 atom stereocenters. The fourth-order valence-corrected chi connectivity index (χ4v) is 4.28. The number of carbonyl (C=O) groups is 2. The second kappa shape index (κ2) is 10.4. The van der Waals surface area contributed by atoms with Gasteiger partial charge in [-0.3, -0.25) is 19.3 Å². The van der Waals surface area contributed by atoms with Gasteiger partial charge in [0.1, 0.15) is 10.7 Å². The van der Waals surface area contributed by atoms with E-state index in [0.29, 0.717) is 23.5 Å². The van der Waals surface area contributed by atoms with Crippen LogP contribution in [0.1, 0.15) is 53.6 Å². The summed E-state index contributed by atoms with van der Waals surface area (Å²) in [5.41, 5.74) is 4.59. The van der Waals surface area contributed by atoms with Gasteiger partial charge in [-0.25, -0.2) is 4.98 Å². The first-order valence-corrected chi connectivity index (χ1v) is 11.8. The van der Waals surface area contributed by atoms with Crippen molar-refractivity contribution in [2.24, 2.45) is 7.05 Å². The second-order valence-electron chi connectivity index (χ2n) is 7.89. The van der Waals surface area contributed by atoms with Crippen molar-refractivity contribution in [2.45, 2.75) is 38.1 Å². The van der Waals surface area contributed by atoms with Crippen molar-refractivity contribution in [1.82, 2.24) is 35.4 Å². The first kappa shape index (κ1) is 22.7. The van der Waals surface area contributed by atoms with Crippen molar-refractivity contribution in [2.75, 3.05) is 7.05 Å². The number of fused-ring (bicyclic) bond motifs is 1. The second-order valence-corrected chi connectivity index (χ2v) is 8.77. The number of hydrogen-bond donors (Lipinski definition) is 3. The van der Waals surface area contributed by atoms with Crippen LogP contribution in [0.2, 0.25) is 0 Å². The van der Waals surface area contributed by atoms with Gasteiger partial charge in [0, 0.05) is 31.5 Å². The third-order valence-corrected chi connectivity index (χ3v) is 6.39. The Morgan fingerprint density at radius 2 is 2.06 bits per heavy atom. The molecule has 3 heterocycles. The van der Waals surface area contributed by atoms with Crippen molar-refractivity contribution in [3.8, 4) is 11.3 Å². The number of nitrogens with zero attached hydrogens (tertiary/aromatic N) is 4. The lowest BCUT2D eigenvalue weighted by atomic mass is 10.1. The van der Waals surface area contributed by atoms with Crippen molar-refractivity contribution in [3.05, 3.63) is 53.0 Å². The average Bonchev–Trinajstić information content (AvgIpc) is 3.59. The fourth-order valence-electron chi connectivity index (χ4n) is 3.76. The lowest BCUT2D eigenvalue weighted by Crippen LogP contribution is -2.28. The van der Waals surface area contributed by atoms with Crippen molar-refractivity contribution in [3.63, 3.8) is 0 Å². The standard InChI is InChI=1S/C23H27N7O2S/c1-24-21(31)7-5-3-4-6-17(29-23(32)20-13-25-14-33-20)22-26-12-18(28-22)15-8-9-19-16(10-15)11-27-30(19)2/h8-14,17H,3-7H2,1-2H3,(H,24,31)(H,26,28)(H,29,32). The van der Waals surface area contributed by atoms with E-state index >= 15 is 0 Å². The SMILES string of the molecule is CNC(=O)CCCCCC(NC(=O)c1cncs1)c1ncc(-c2ccc3c(cnn3C)c2)[nH]1. The first-order chi connectivity index (χ1) is 16.0. The zero-order valence-corrected chi connectivity index (χ0v) is 19.5. The number of aryl methyl sites for hydroxylation is 1. The van der Waals surface area contributed by atoms with E-state index in [4.69, 9.17) is 0 Å². The third kappa shape index (κ3) is 5.46. The smallest absolute Gasteiger partial charge is 0.263 e. The van der Waals surface area contributed by atoms with Crippen LogP contribution in [0.3, 0.4) is 0 Å². The lowest BCUT2D eigenvalue weighted by molar-refractivity contribution is -0.120. The van der Waals surface area contributed by atoms with E-state index < -0.39 is 0 Å². The van der Waals surface area contributed by atoms with E-state index in [-0.39, 0.29) is 17.9 Å². The molecule has 0 bridgehead atoms. The number of unbranched alkanes of at least 4 members (excludes halogenated alkanes) is 2. The van der Waals surface area contributed by atoms with Crippen LogP contribution in [0.15, 0.2) is 42.3 Å². The maximum absolute atomic E-state index is 12.7. The predicted octanol–water partition coefficient (Wildman–Crippen LogP) is 3.59. The maximum atomic E-state index is 12.7. The van der Waals surface area contributed by atoms with Crippen molar-refractivity contribution >= 4 is 34.1 Å². The predicted molar refractivity (Wildman–Crippen MR) is 128 cm³/mol. The third-order valence-electron chi connectivity index (χ3n) is 5.62. The van der Waals surface area contributed by atoms with Crippen LogP contribution in [-0.2, 0) is 11.8 Å². The number of aromatic nitrogens is 5. The van der Waals surface area contributed by atoms with E-state index in [0.717, 1.165) is 41.4 Å². The molecular formula is C23H27N7O2S. The number of rotatable bonds is 10. The molecule has 10 heteroatoms. The summed E-state index contributed by atoms with van der Waals surface area (Å²) in [6, 6.07) is 5.87. The zero-order valence-electron chi connectivity index (χ0n) is 18.7. The van der Waals surface area contributed by atoms with E-state index in [9.17, 15) is 9.59 Å². The number of benzene rings is 1. The van der Waals surface area contributed by atoms with Gasteiger partial charge in [0.05, 0.1) is 41.4 Å². The van der Waals surface area contributed by atoms with Crippen molar-refractivity contribution < 1.29 is 9.59 Å². The quantitative estimate of drug-likeness (QED) is 0.309. The Morgan fingerprint density at radius 1 is 1.18 bits per heavy atom. The Balaban J connectivity index is 1.48. The molecule has 0 radical (unpaired) electrons. The van der Waals surface area contributed by atoms with Gasteiger partial charge in [-0.15, -0.1) is 11.3 Å². The summed E-state index contributed by atoms with van der Waals surface area (Å²) in [4.78, 5) is 36.7. The molecule has 0 spiro atoms. The summed E-state index contributed by atoms with van der Waals surface area (Å²) in [5, 5.41) is 11.1. The van der Waals surface area contributed by atoms with Crippen LogP contribution in [0, 0.1) is 0 Å². The van der Waals surface area contributed by atoms with Gasteiger partial charge in [-0.1, -0.05) is 18.9 Å². The molecule has 1 unspecified atom stereocenters. The van der Waals surface area contributed by atoms with Crippen LogP contribution in [0.25, 0.3) is 22.2 Å². The van der Waals surface area contributed by atoms with Crippen LogP contribution in [-0.4, -0.2) is 43.6 Å². The maximum Gasteiger partial charge on any atom is 0.263 e. The number of carbonyl (C=O) groups excluding carboxylic acids is 2. The minimum absolute atomic E-state index is 0.0475. The average molecular weight is 466 g/mol. The Morgan fingerprint density at radius 3 is 2.85 bits per heavy atom. The molecule has 9 nitrogen and oxygen atoms in total. The molecule has 0 aliphatic carbocycles. The Kier molecular flexibility index (Phi) is 7.13. The Hall–Kier alpha value is -3.53. The van der Waals surface area contributed by atoms with Gasteiger partial charge < -0.3 is 15.6 Å². The molecular weight excluding hydrogens is 438 g/mol. The molecule has 3 aromatic heterocycles. The van der Waals surface area contributed by atoms with Gasteiger partial charge in [0.2, 0.25) is 5.91 Å². The normalized spacial score (nSPS) is 12.1. The molecule has 0 saturated heterocycles. The molecule has 4 aromatic rings. The van der Waals surface area contributed by atoms with E-state index in [2.05, 4.69) is 36.8 Å². The number of amides is 2. The van der Waals surface area contributed by atoms with Gasteiger partial charge in [-0.05, 0) is 25.0 Å². The summed E-state index contributed by atoms with van der Waals surface area (Å²) < 4.78 is 1.84. The largest absolute Gasteiger partial charge is 0.359 e. The number of H-pyrrole nitrogens is 1. The Labute approximate surface area is 195 Å². The molecule has 0 saturated carbocycles. The molecule has 0 fully saturated rings. The molecule has 3 N–H and O–H groups in total. The van der Waals surface area contributed by atoms with Gasteiger partial charge in [-0.2, -0.15) is 5.10 Å². The summed E-state index contributed by atoms with van der Waals surface area (Å²) in [6.07, 6.45) is 9.00. The first-order valence-electron chi connectivity index (χ1n) is 10.9. The number of hydrogen-bond acceptors (Lipinski definition) is 6. The molecule has 2 amide bonds. The number of nitrogens with one attached hydrogen (secondary N) is 3. The van der Waals surface area contributed by atoms with Crippen LogP contribution >= 0.6 is 11.3 Å². The van der Waals surface area contributed by atoms with Crippen molar-refractivity contribution in [1.29, 1.82) is 0 Å². The monoisotopic (exact) mass is 465 g/mol. The summed E-state index contributed by atoms with van der Waals surface area (Å²) in [6.45, 7) is 0. The van der Waals surface area contributed by atoms with Gasteiger partial charge >= 0.3 is 0 Å². The fraction of sp³-hybridized carbons (Fsp3) is 0.348. The molecule has 0 aliphatic rings. The molecule has 0 aliphatic heterocycles. The minimum atomic E-state index is -0.268. The summed E-state index contributed by atoms with van der Waals surface area (Å²) in [5.74, 6) is 0.592. The summed E-state index contributed by atoms with van der Waals surface area (Å²) in [7, 11) is 3.56. The molecule has 172 valence electrons. The summed E-state index contributed by atoms with van der Waals surface area (Å²) >= 11 is 1.30. The minimum Gasteiger partial charge on any atom is -0.359 e. The zero-order chi connectivity index (χ0) is 23.2. The lowest BCUT2D eigenvalue weighted by Gasteiger charge is -2.16. The molecule has 33 heavy (non-hydrogen) atoms.